The number of benzene rings is 1. The lowest BCUT2D eigenvalue weighted by Gasteiger charge is -2.13. The number of thiophene rings is 1. The fraction of sp³-hybridized carbons (Fsp3) is 0.312. The zero-order valence-corrected chi connectivity index (χ0v) is 12.5. The molecule has 0 radical (unpaired) electrons. The first kappa shape index (κ1) is 14.6. The van der Waals surface area contributed by atoms with Crippen molar-refractivity contribution in [3.8, 4) is 0 Å². The van der Waals surface area contributed by atoms with E-state index in [4.69, 9.17) is 5.73 Å². The summed E-state index contributed by atoms with van der Waals surface area (Å²) < 4.78 is 0. The van der Waals surface area contributed by atoms with Crippen LogP contribution in [0.4, 0.5) is 5.69 Å². The van der Waals surface area contributed by atoms with Crippen molar-refractivity contribution in [3.63, 3.8) is 0 Å². The van der Waals surface area contributed by atoms with E-state index in [9.17, 15) is 4.79 Å². The Balaban J connectivity index is 1.73. The van der Waals surface area contributed by atoms with E-state index in [2.05, 4.69) is 22.1 Å². The van der Waals surface area contributed by atoms with Gasteiger partial charge in [0.25, 0.3) is 0 Å². The van der Waals surface area contributed by atoms with Crippen molar-refractivity contribution in [2.45, 2.75) is 32.2 Å². The number of hydrogen-bond acceptors (Lipinski definition) is 3. The maximum absolute atomic E-state index is 11.9. The van der Waals surface area contributed by atoms with Crippen LogP contribution < -0.4 is 11.1 Å². The van der Waals surface area contributed by atoms with Crippen LogP contribution in [0.5, 0.6) is 0 Å². The van der Waals surface area contributed by atoms with Crippen LogP contribution in [-0.2, 0) is 17.6 Å². The Morgan fingerprint density at radius 2 is 2.00 bits per heavy atom. The van der Waals surface area contributed by atoms with Crippen molar-refractivity contribution in [1.29, 1.82) is 0 Å². The van der Waals surface area contributed by atoms with E-state index >= 15 is 0 Å². The summed E-state index contributed by atoms with van der Waals surface area (Å²) in [6.45, 7) is 2.04. The minimum Gasteiger partial charge on any atom is -0.399 e. The van der Waals surface area contributed by atoms with Gasteiger partial charge in [0.1, 0.15) is 0 Å². The van der Waals surface area contributed by atoms with Crippen LogP contribution in [0.15, 0.2) is 41.1 Å². The van der Waals surface area contributed by atoms with Gasteiger partial charge in [0.2, 0.25) is 5.91 Å². The van der Waals surface area contributed by atoms with Crippen LogP contribution in [-0.4, -0.2) is 11.9 Å². The average molecular weight is 288 g/mol. The molecule has 1 aromatic heterocycles. The summed E-state index contributed by atoms with van der Waals surface area (Å²) in [6, 6.07) is 9.94. The highest BCUT2D eigenvalue weighted by Crippen LogP contribution is 2.10. The van der Waals surface area contributed by atoms with Gasteiger partial charge >= 0.3 is 0 Å². The molecule has 4 heteroatoms. The lowest BCUT2D eigenvalue weighted by molar-refractivity contribution is -0.121. The zero-order chi connectivity index (χ0) is 14.4. The van der Waals surface area contributed by atoms with Crippen molar-refractivity contribution in [2.24, 2.45) is 0 Å². The van der Waals surface area contributed by atoms with E-state index in [1.807, 2.05) is 31.2 Å². The molecule has 0 saturated carbocycles. The van der Waals surface area contributed by atoms with E-state index in [0.717, 1.165) is 24.1 Å². The molecule has 1 aromatic carbocycles. The number of carbonyl (C=O) groups excluding carboxylic acids is 1. The van der Waals surface area contributed by atoms with Crippen LogP contribution in [0.1, 0.15) is 24.5 Å². The Hall–Kier alpha value is -1.81. The van der Waals surface area contributed by atoms with Gasteiger partial charge in [-0.1, -0.05) is 12.1 Å². The number of rotatable bonds is 6. The lowest BCUT2D eigenvalue weighted by atomic mass is 10.1. The number of nitrogen functional groups attached to an aromatic ring is 1. The number of nitrogens with two attached hydrogens (primary N) is 1. The summed E-state index contributed by atoms with van der Waals surface area (Å²) in [5.41, 5.74) is 8.80. The summed E-state index contributed by atoms with van der Waals surface area (Å²) in [4.78, 5) is 11.9. The monoisotopic (exact) mass is 288 g/mol. The van der Waals surface area contributed by atoms with Crippen LogP contribution in [0.3, 0.4) is 0 Å². The van der Waals surface area contributed by atoms with E-state index in [1.165, 1.54) is 5.56 Å². The fourth-order valence-electron chi connectivity index (χ4n) is 2.10. The molecular weight excluding hydrogens is 268 g/mol. The smallest absolute Gasteiger partial charge is 0.220 e. The first-order chi connectivity index (χ1) is 9.63. The van der Waals surface area contributed by atoms with Crippen LogP contribution in [0.25, 0.3) is 0 Å². The maximum atomic E-state index is 11.9. The molecule has 0 aliphatic heterocycles. The number of carbonyl (C=O) groups is 1. The topological polar surface area (TPSA) is 55.1 Å². The number of nitrogens with one attached hydrogen (secondary N) is 1. The number of hydrogen-bond donors (Lipinski definition) is 2. The summed E-state index contributed by atoms with van der Waals surface area (Å²) in [5, 5.41) is 7.22. The van der Waals surface area contributed by atoms with Crippen LogP contribution in [0.2, 0.25) is 0 Å². The minimum absolute atomic E-state index is 0.101. The molecule has 0 aliphatic carbocycles. The van der Waals surface area contributed by atoms with Gasteiger partial charge in [-0.2, -0.15) is 11.3 Å². The predicted octanol–water partition coefficient (Wildman–Crippen LogP) is 3.01. The highest BCUT2D eigenvalue weighted by atomic mass is 32.1. The lowest BCUT2D eigenvalue weighted by Crippen LogP contribution is -2.34. The second kappa shape index (κ2) is 7.10. The molecule has 2 rings (SSSR count). The van der Waals surface area contributed by atoms with Gasteiger partial charge in [0.05, 0.1) is 0 Å². The third kappa shape index (κ3) is 4.70. The first-order valence-corrected chi connectivity index (χ1v) is 7.72. The van der Waals surface area contributed by atoms with Crippen molar-refractivity contribution >= 4 is 22.9 Å². The van der Waals surface area contributed by atoms with Gasteiger partial charge in [-0.05, 0) is 59.9 Å². The predicted molar refractivity (Wildman–Crippen MR) is 84.8 cm³/mol. The van der Waals surface area contributed by atoms with Crippen LogP contribution in [0, 0.1) is 0 Å². The highest BCUT2D eigenvalue weighted by Gasteiger charge is 2.08. The van der Waals surface area contributed by atoms with Crippen molar-refractivity contribution in [2.75, 3.05) is 5.73 Å². The highest BCUT2D eigenvalue weighted by molar-refractivity contribution is 7.07. The quantitative estimate of drug-likeness (QED) is 0.803. The molecule has 1 heterocycles. The Kier molecular flexibility index (Phi) is 5.18. The molecule has 1 unspecified atom stereocenters. The third-order valence-electron chi connectivity index (χ3n) is 3.15. The van der Waals surface area contributed by atoms with Gasteiger partial charge in [-0.3, -0.25) is 4.79 Å². The van der Waals surface area contributed by atoms with E-state index in [-0.39, 0.29) is 11.9 Å². The third-order valence-corrected chi connectivity index (χ3v) is 3.88. The summed E-state index contributed by atoms with van der Waals surface area (Å²) in [5.74, 6) is 0.101. The number of anilines is 1. The molecule has 0 spiro atoms. The minimum atomic E-state index is 0.101. The van der Waals surface area contributed by atoms with Crippen molar-refractivity contribution < 1.29 is 4.79 Å². The standard InChI is InChI=1S/C16H20N2OS/c1-12(10-14-8-9-20-11-14)18-16(19)7-4-13-2-5-15(17)6-3-13/h2-3,5-6,8-9,11-12H,4,7,10,17H2,1H3,(H,18,19). The fourth-order valence-corrected chi connectivity index (χ4v) is 2.78. The molecule has 0 fully saturated rings. The normalized spacial score (nSPS) is 12.1. The van der Waals surface area contributed by atoms with E-state index < -0.39 is 0 Å². The second-order valence-corrected chi connectivity index (χ2v) is 5.83. The molecule has 106 valence electrons. The number of amides is 1. The summed E-state index contributed by atoms with van der Waals surface area (Å²) in [6.07, 6.45) is 2.15. The van der Waals surface area contributed by atoms with Gasteiger partial charge in [-0.25, -0.2) is 0 Å². The van der Waals surface area contributed by atoms with Gasteiger partial charge in [0.15, 0.2) is 0 Å². The first-order valence-electron chi connectivity index (χ1n) is 6.78. The maximum Gasteiger partial charge on any atom is 0.220 e. The zero-order valence-electron chi connectivity index (χ0n) is 11.6. The van der Waals surface area contributed by atoms with Crippen LogP contribution >= 0.6 is 11.3 Å². The Morgan fingerprint density at radius 1 is 1.25 bits per heavy atom. The molecule has 20 heavy (non-hydrogen) atoms. The van der Waals surface area contributed by atoms with Crippen molar-refractivity contribution in [1.82, 2.24) is 5.32 Å². The molecule has 0 bridgehead atoms. The molecule has 0 saturated heterocycles. The average Bonchev–Trinajstić information content (AvgIpc) is 2.90. The SMILES string of the molecule is CC(Cc1ccsc1)NC(=O)CCc1ccc(N)cc1. The molecule has 3 N–H and O–H groups in total. The van der Waals surface area contributed by atoms with E-state index in [1.54, 1.807) is 11.3 Å². The van der Waals surface area contributed by atoms with E-state index in [0.29, 0.717) is 6.42 Å². The van der Waals surface area contributed by atoms with Gasteiger partial charge in [-0.15, -0.1) is 0 Å². The number of aryl methyl sites for hydroxylation is 1. The van der Waals surface area contributed by atoms with Gasteiger partial charge in [0, 0.05) is 18.2 Å². The second-order valence-electron chi connectivity index (χ2n) is 5.05. The molecule has 2 aromatic rings. The summed E-state index contributed by atoms with van der Waals surface area (Å²) in [7, 11) is 0. The summed E-state index contributed by atoms with van der Waals surface area (Å²) >= 11 is 1.69. The Morgan fingerprint density at radius 3 is 2.65 bits per heavy atom. The Labute approximate surface area is 123 Å². The molecule has 1 amide bonds. The molecule has 1 atom stereocenters. The largest absolute Gasteiger partial charge is 0.399 e. The van der Waals surface area contributed by atoms with Crippen molar-refractivity contribution in [3.05, 3.63) is 52.2 Å². The van der Waals surface area contributed by atoms with Gasteiger partial charge < -0.3 is 11.1 Å². The Bertz CT molecular complexity index is 534. The molecule has 0 aliphatic rings. The molecule has 3 nitrogen and oxygen atoms in total. The molecular formula is C16H20N2OS.